The molecule has 0 amide bonds. The van der Waals surface area contributed by atoms with Crippen molar-refractivity contribution in [1.82, 2.24) is 0 Å². The van der Waals surface area contributed by atoms with Crippen molar-refractivity contribution in [3.8, 4) is 12.3 Å². The second kappa shape index (κ2) is 6.77. The van der Waals surface area contributed by atoms with Crippen molar-refractivity contribution >= 4 is 0 Å². The average molecular weight is 240 g/mol. The fourth-order valence-corrected chi connectivity index (χ4v) is 1.47. The highest BCUT2D eigenvalue weighted by Gasteiger charge is 2.27. The van der Waals surface area contributed by atoms with Gasteiger partial charge in [-0.2, -0.15) is 0 Å². The van der Waals surface area contributed by atoms with Gasteiger partial charge in [-0.05, 0) is 25.8 Å². The van der Waals surface area contributed by atoms with Crippen molar-refractivity contribution in [2.24, 2.45) is 0 Å². The summed E-state index contributed by atoms with van der Waals surface area (Å²) in [5, 5.41) is 8.57. The zero-order chi connectivity index (χ0) is 12.7. The van der Waals surface area contributed by atoms with Crippen LogP contribution in [0.4, 0.5) is 0 Å². The van der Waals surface area contributed by atoms with Crippen molar-refractivity contribution in [3.05, 3.63) is 12.2 Å². The maximum Gasteiger partial charge on any atom is 0.179 e. The van der Waals surface area contributed by atoms with E-state index in [1.54, 1.807) is 0 Å². The monoisotopic (exact) mass is 240 g/mol. The Morgan fingerprint density at radius 2 is 2.41 bits per heavy atom. The number of hydrogen-bond donors (Lipinski definition) is 1. The summed E-state index contributed by atoms with van der Waals surface area (Å²) in [4.78, 5) is 0. The van der Waals surface area contributed by atoms with Crippen LogP contribution in [0, 0.1) is 12.3 Å². The average Bonchev–Trinajstić information content (AvgIpc) is 2.36. The van der Waals surface area contributed by atoms with Gasteiger partial charge in [-0.3, -0.25) is 0 Å². The molecule has 0 radical (unpaired) electrons. The van der Waals surface area contributed by atoms with E-state index in [2.05, 4.69) is 5.92 Å². The second-order valence-electron chi connectivity index (χ2n) is 4.14. The predicted molar refractivity (Wildman–Crippen MR) is 64.1 cm³/mol. The van der Waals surface area contributed by atoms with Gasteiger partial charge in [-0.25, -0.2) is 0 Å². The van der Waals surface area contributed by atoms with Crippen LogP contribution in [0.15, 0.2) is 12.2 Å². The molecule has 0 aromatic carbocycles. The standard InChI is InChI=1S/C13H20O4/c1-4-13(3,5-2)17-12-8-6-7-11(16-12)9-15-10-14/h1,6,8,11-12,14H,5,7,9-10H2,2-3H3. The lowest BCUT2D eigenvalue weighted by Gasteiger charge is -2.31. The van der Waals surface area contributed by atoms with Gasteiger partial charge in [-0.15, -0.1) is 6.42 Å². The fraction of sp³-hybridized carbons (Fsp3) is 0.692. The number of aliphatic hydroxyl groups is 1. The molecular formula is C13H20O4. The Morgan fingerprint density at radius 3 is 3.00 bits per heavy atom. The van der Waals surface area contributed by atoms with Crippen LogP contribution in [0.1, 0.15) is 26.7 Å². The summed E-state index contributed by atoms with van der Waals surface area (Å²) in [6.45, 7) is 3.88. The normalized spacial score (nSPS) is 27.4. The van der Waals surface area contributed by atoms with Gasteiger partial charge in [0.1, 0.15) is 12.4 Å². The van der Waals surface area contributed by atoms with Crippen molar-refractivity contribution in [2.75, 3.05) is 13.4 Å². The molecule has 1 rings (SSSR count). The zero-order valence-corrected chi connectivity index (χ0v) is 10.4. The van der Waals surface area contributed by atoms with Gasteiger partial charge in [0.15, 0.2) is 6.29 Å². The van der Waals surface area contributed by atoms with Gasteiger partial charge >= 0.3 is 0 Å². The van der Waals surface area contributed by atoms with Crippen molar-refractivity contribution < 1.29 is 19.3 Å². The van der Waals surface area contributed by atoms with E-state index in [1.807, 2.05) is 26.0 Å². The number of aliphatic hydroxyl groups excluding tert-OH is 1. The molecular weight excluding hydrogens is 220 g/mol. The summed E-state index contributed by atoms with van der Waals surface area (Å²) in [6, 6.07) is 0. The first kappa shape index (κ1) is 14.2. The minimum atomic E-state index is -0.616. The van der Waals surface area contributed by atoms with Crippen molar-refractivity contribution in [2.45, 2.75) is 44.7 Å². The molecule has 0 spiro atoms. The lowest BCUT2D eigenvalue weighted by molar-refractivity contribution is -0.201. The van der Waals surface area contributed by atoms with E-state index in [0.717, 1.165) is 12.8 Å². The molecule has 0 saturated carbocycles. The van der Waals surface area contributed by atoms with Crippen LogP contribution in [0.25, 0.3) is 0 Å². The van der Waals surface area contributed by atoms with E-state index in [0.29, 0.717) is 6.61 Å². The molecule has 0 fully saturated rings. The van der Waals surface area contributed by atoms with E-state index in [1.165, 1.54) is 0 Å². The third kappa shape index (κ3) is 4.49. The van der Waals surface area contributed by atoms with Gasteiger partial charge in [0.25, 0.3) is 0 Å². The number of terminal acetylenes is 1. The molecule has 0 aromatic heterocycles. The highest BCUT2D eigenvalue weighted by atomic mass is 16.7. The Labute approximate surface area is 103 Å². The number of hydrogen-bond acceptors (Lipinski definition) is 4. The third-order valence-corrected chi connectivity index (χ3v) is 2.77. The zero-order valence-electron chi connectivity index (χ0n) is 10.4. The molecule has 0 saturated heterocycles. The van der Waals surface area contributed by atoms with Gasteiger partial charge in [-0.1, -0.05) is 18.9 Å². The van der Waals surface area contributed by atoms with E-state index in [-0.39, 0.29) is 12.9 Å². The molecule has 96 valence electrons. The van der Waals surface area contributed by atoms with Crippen LogP contribution in [0.5, 0.6) is 0 Å². The van der Waals surface area contributed by atoms with Gasteiger partial charge in [0, 0.05) is 0 Å². The van der Waals surface area contributed by atoms with Crippen LogP contribution in [0.3, 0.4) is 0 Å². The fourth-order valence-electron chi connectivity index (χ4n) is 1.47. The lowest BCUT2D eigenvalue weighted by atomic mass is 10.1. The predicted octanol–water partition coefficient (Wildman–Crippen LogP) is 1.44. The largest absolute Gasteiger partial charge is 0.371 e. The minimum absolute atomic E-state index is 0.101. The quantitative estimate of drug-likeness (QED) is 0.433. The Morgan fingerprint density at radius 1 is 1.65 bits per heavy atom. The van der Waals surface area contributed by atoms with E-state index < -0.39 is 11.9 Å². The first-order valence-corrected chi connectivity index (χ1v) is 5.80. The first-order valence-electron chi connectivity index (χ1n) is 5.80. The number of ether oxygens (including phenoxy) is 3. The molecule has 0 bridgehead atoms. The topological polar surface area (TPSA) is 47.9 Å². The second-order valence-corrected chi connectivity index (χ2v) is 4.14. The molecule has 0 aliphatic carbocycles. The van der Waals surface area contributed by atoms with Crippen LogP contribution >= 0.6 is 0 Å². The molecule has 1 aliphatic rings. The molecule has 0 aromatic rings. The Hall–Kier alpha value is -0.860. The summed E-state index contributed by atoms with van der Waals surface area (Å²) in [5.74, 6) is 2.63. The Bertz CT molecular complexity index is 294. The van der Waals surface area contributed by atoms with Crippen LogP contribution in [0.2, 0.25) is 0 Å². The maximum atomic E-state index is 8.57. The first-order chi connectivity index (χ1) is 8.13. The summed E-state index contributed by atoms with van der Waals surface area (Å²) < 4.78 is 16.3. The summed E-state index contributed by atoms with van der Waals surface area (Å²) in [7, 11) is 0. The van der Waals surface area contributed by atoms with Crippen LogP contribution < -0.4 is 0 Å². The van der Waals surface area contributed by atoms with E-state index in [9.17, 15) is 0 Å². The van der Waals surface area contributed by atoms with Gasteiger partial charge in [0.05, 0.1) is 12.7 Å². The van der Waals surface area contributed by atoms with Gasteiger partial charge < -0.3 is 19.3 Å². The molecule has 1 aliphatic heterocycles. The minimum Gasteiger partial charge on any atom is -0.371 e. The molecule has 17 heavy (non-hydrogen) atoms. The Kier molecular flexibility index (Phi) is 5.66. The number of rotatable bonds is 6. The molecule has 4 heteroatoms. The smallest absolute Gasteiger partial charge is 0.179 e. The molecule has 4 nitrogen and oxygen atoms in total. The summed E-state index contributed by atoms with van der Waals surface area (Å²) in [6.07, 6.45) is 10.2. The molecule has 3 atom stereocenters. The van der Waals surface area contributed by atoms with Crippen molar-refractivity contribution in [1.29, 1.82) is 0 Å². The van der Waals surface area contributed by atoms with E-state index >= 15 is 0 Å². The van der Waals surface area contributed by atoms with Crippen molar-refractivity contribution in [3.63, 3.8) is 0 Å². The third-order valence-electron chi connectivity index (χ3n) is 2.77. The summed E-state index contributed by atoms with van der Waals surface area (Å²) in [5.41, 5.74) is -0.616. The highest BCUT2D eigenvalue weighted by Crippen LogP contribution is 2.21. The van der Waals surface area contributed by atoms with Gasteiger partial charge in [0.2, 0.25) is 0 Å². The Balaban J connectivity index is 2.48. The molecule has 3 unspecified atom stereocenters. The van der Waals surface area contributed by atoms with E-state index in [4.69, 9.17) is 25.7 Å². The molecule has 1 N–H and O–H groups in total. The maximum absolute atomic E-state index is 8.57. The van der Waals surface area contributed by atoms with Crippen LogP contribution in [-0.2, 0) is 14.2 Å². The SMILES string of the molecule is C#CC(C)(CC)OC1C=CCC(COCO)O1. The lowest BCUT2D eigenvalue weighted by Crippen LogP contribution is -2.37. The highest BCUT2D eigenvalue weighted by molar-refractivity contribution is 5.06. The molecule has 1 heterocycles. The summed E-state index contributed by atoms with van der Waals surface area (Å²) >= 11 is 0. The van der Waals surface area contributed by atoms with Crippen LogP contribution in [-0.4, -0.2) is 36.5 Å².